The van der Waals surface area contributed by atoms with E-state index in [1.54, 1.807) is 51.0 Å². The Morgan fingerprint density at radius 1 is 1.32 bits per heavy atom. The highest BCUT2D eigenvalue weighted by atomic mass is 16.6. The van der Waals surface area contributed by atoms with Crippen LogP contribution in [-0.4, -0.2) is 37.5 Å². The number of nitrogens with zero attached hydrogens (tertiary/aromatic N) is 3. The lowest BCUT2D eigenvalue weighted by Gasteiger charge is -2.19. The Kier molecular flexibility index (Phi) is 5.21. The summed E-state index contributed by atoms with van der Waals surface area (Å²) < 4.78 is 6.83. The number of rotatable bonds is 4. The van der Waals surface area contributed by atoms with E-state index in [1.807, 2.05) is 0 Å². The van der Waals surface area contributed by atoms with Crippen molar-refractivity contribution in [1.82, 2.24) is 14.8 Å². The number of carboxylic acids is 1. The number of amides is 1. The molecule has 0 saturated carbocycles. The molecule has 2 heterocycles. The topological polar surface area (TPSA) is 106 Å². The van der Waals surface area contributed by atoms with E-state index in [1.165, 1.54) is 12.3 Å². The van der Waals surface area contributed by atoms with Gasteiger partial charge < -0.3 is 9.84 Å². The molecular formula is C17H20N4O4. The molecule has 0 aromatic carbocycles. The van der Waals surface area contributed by atoms with E-state index in [0.717, 1.165) is 11.6 Å². The highest BCUT2D eigenvalue weighted by molar-refractivity contribution is 5.89. The number of aryl methyl sites for hydroxylation is 1. The number of nitrogens with one attached hydrogen (secondary N) is 1. The first-order chi connectivity index (χ1) is 11.6. The standard InChI is InChI=1S/C17H20N4O4/c1-17(2,3)25-16(24)20-14-7-13(12-9-19-21(4)10-12)11(8-18-14)5-6-15(22)23/h5-10H,1-4H3,(H,22,23)(H,18,20,24). The zero-order valence-electron chi connectivity index (χ0n) is 14.5. The highest BCUT2D eigenvalue weighted by Crippen LogP contribution is 2.26. The molecule has 8 nitrogen and oxygen atoms in total. The normalized spacial score (nSPS) is 11.5. The van der Waals surface area contributed by atoms with Gasteiger partial charge in [-0.2, -0.15) is 5.10 Å². The SMILES string of the molecule is Cn1cc(-c2cc(NC(=O)OC(C)(C)C)ncc2C=CC(=O)O)cn1. The lowest BCUT2D eigenvalue weighted by Crippen LogP contribution is -2.27. The lowest BCUT2D eigenvalue weighted by molar-refractivity contribution is -0.131. The van der Waals surface area contributed by atoms with Crippen molar-refractivity contribution in [2.75, 3.05) is 5.32 Å². The Balaban J connectivity index is 2.35. The predicted molar refractivity (Wildman–Crippen MR) is 93.0 cm³/mol. The predicted octanol–water partition coefficient (Wildman–Crippen LogP) is 2.93. The molecule has 2 aromatic rings. The fourth-order valence-corrected chi connectivity index (χ4v) is 2.05. The first kappa shape index (κ1) is 18.2. The molecule has 0 unspecified atom stereocenters. The van der Waals surface area contributed by atoms with Crippen LogP contribution in [-0.2, 0) is 16.6 Å². The van der Waals surface area contributed by atoms with Crippen molar-refractivity contribution in [3.63, 3.8) is 0 Å². The van der Waals surface area contributed by atoms with Crippen LogP contribution in [0.25, 0.3) is 17.2 Å². The third-order valence-electron chi connectivity index (χ3n) is 2.99. The minimum atomic E-state index is -1.06. The zero-order chi connectivity index (χ0) is 18.6. The van der Waals surface area contributed by atoms with Crippen LogP contribution in [0.4, 0.5) is 10.6 Å². The van der Waals surface area contributed by atoms with Crippen LogP contribution < -0.4 is 5.32 Å². The van der Waals surface area contributed by atoms with Gasteiger partial charge in [-0.05, 0) is 38.5 Å². The molecule has 1 amide bonds. The maximum absolute atomic E-state index is 11.9. The van der Waals surface area contributed by atoms with Crippen molar-refractivity contribution >= 4 is 24.0 Å². The van der Waals surface area contributed by atoms with E-state index in [0.29, 0.717) is 16.9 Å². The Hall–Kier alpha value is -3.16. The molecule has 25 heavy (non-hydrogen) atoms. The molecule has 0 atom stereocenters. The van der Waals surface area contributed by atoms with Gasteiger partial charge in [0.25, 0.3) is 0 Å². The third kappa shape index (κ3) is 5.45. The molecule has 2 aromatic heterocycles. The summed E-state index contributed by atoms with van der Waals surface area (Å²) in [7, 11) is 1.78. The molecule has 0 fully saturated rings. The van der Waals surface area contributed by atoms with Gasteiger partial charge in [-0.1, -0.05) is 0 Å². The van der Waals surface area contributed by atoms with E-state index < -0.39 is 17.7 Å². The Morgan fingerprint density at radius 2 is 2.04 bits per heavy atom. The third-order valence-corrected chi connectivity index (χ3v) is 2.99. The summed E-state index contributed by atoms with van der Waals surface area (Å²) in [5, 5.41) is 15.5. The number of carboxylic acid groups (broad SMARTS) is 1. The smallest absolute Gasteiger partial charge is 0.413 e. The van der Waals surface area contributed by atoms with Gasteiger partial charge in [-0.25, -0.2) is 14.6 Å². The van der Waals surface area contributed by atoms with Gasteiger partial charge in [-0.15, -0.1) is 0 Å². The molecule has 2 N–H and O–H groups in total. The first-order valence-corrected chi connectivity index (χ1v) is 7.54. The number of carbonyl (C=O) groups is 2. The largest absolute Gasteiger partial charge is 0.478 e. The molecule has 132 valence electrons. The number of anilines is 1. The van der Waals surface area contributed by atoms with Crippen molar-refractivity contribution in [3.8, 4) is 11.1 Å². The monoisotopic (exact) mass is 344 g/mol. The van der Waals surface area contributed by atoms with Crippen LogP contribution in [0.1, 0.15) is 26.3 Å². The van der Waals surface area contributed by atoms with Crippen LogP contribution >= 0.6 is 0 Å². The van der Waals surface area contributed by atoms with Crippen LogP contribution in [0, 0.1) is 0 Å². The Morgan fingerprint density at radius 3 is 2.60 bits per heavy atom. The van der Waals surface area contributed by atoms with Crippen LogP contribution in [0.15, 0.2) is 30.7 Å². The van der Waals surface area contributed by atoms with Crippen molar-refractivity contribution in [3.05, 3.63) is 36.3 Å². The van der Waals surface area contributed by atoms with Gasteiger partial charge in [0, 0.05) is 36.6 Å². The maximum atomic E-state index is 11.9. The van der Waals surface area contributed by atoms with Gasteiger partial charge in [0.15, 0.2) is 0 Å². The average Bonchev–Trinajstić information content (AvgIpc) is 2.90. The van der Waals surface area contributed by atoms with Crippen LogP contribution in [0.2, 0.25) is 0 Å². The summed E-state index contributed by atoms with van der Waals surface area (Å²) >= 11 is 0. The first-order valence-electron chi connectivity index (χ1n) is 7.54. The van der Waals surface area contributed by atoms with Gasteiger partial charge in [0.1, 0.15) is 11.4 Å². The fourth-order valence-electron chi connectivity index (χ4n) is 2.05. The molecule has 0 aliphatic carbocycles. The average molecular weight is 344 g/mol. The summed E-state index contributed by atoms with van der Waals surface area (Å²) in [5.74, 6) is -0.770. The van der Waals surface area contributed by atoms with Crippen LogP contribution in [0.3, 0.4) is 0 Å². The maximum Gasteiger partial charge on any atom is 0.413 e. The fraction of sp³-hybridized carbons (Fsp3) is 0.294. The second kappa shape index (κ2) is 7.16. The summed E-state index contributed by atoms with van der Waals surface area (Å²) in [4.78, 5) is 26.8. The van der Waals surface area contributed by atoms with E-state index in [2.05, 4.69) is 15.4 Å². The number of aliphatic carboxylic acids is 1. The summed E-state index contributed by atoms with van der Waals surface area (Å²) in [5.41, 5.74) is 1.42. The molecule has 0 spiro atoms. The van der Waals surface area contributed by atoms with Gasteiger partial charge in [-0.3, -0.25) is 10.00 Å². The quantitative estimate of drug-likeness (QED) is 0.826. The Labute approximate surface area is 145 Å². The molecule has 0 saturated heterocycles. The summed E-state index contributed by atoms with van der Waals surface area (Å²) in [6, 6.07) is 1.64. The van der Waals surface area contributed by atoms with Gasteiger partial charge >= 0.3 is 12.1 Å². The number of hydrogen-bond acceptors (Lipinski definition) is 5. The highest BCUT2D eigenvalue weighted by Gasteiger charge is 2.17. The molecule has 0 bridgehead atoms. The number of hydrogen-bond donors (Lipinski definition) is 2. The van der Waals surface area contributed by atoms with Crippen molar-refractivity contribution in [2.45, 2.75) is 26.4 Å². The number of pyridine rings is 1. The van der Waals surface area contributed by atoms with E-state index in [4.69, 9.17) is 9.84 Å². The second-order valence-corrected chi connectivity index (χ2v) is 6.36. The summed E-state index contributed by atoms with van der Waals surface area (Å²) in [6.45, 7) is 5.29. The van der Waals surface area contributed by atoms with Gasteiger partial charge in [0.05, 0.1) is 6.20 Å². The van der Waals surface area contributed by atoms with E-state index in [-0.39, 0.29) is 0 Å². The molecular weight excluding hydrogens is 324 g/mol. The summed E-state index contributed by atoms with van der Waals surface area (Å²) in [6.07, 6.45) is 6.75. The van der Waals surface area contributed by atoms with Crippen molar-refractivity contribution in [2.24, 2.45) is 7.05 Å². The molecule has 2 rings (SSSR count). The molecule has 0 aliphatic heterocycles. The Bertz CT molecular complexity index is 818. The zero-order valence-corrected chi connectivity index (χ0v) is 14.5. The number of carbonyl (C=O) groups excluding carboxylic acids is 1. The number of aromatic nitrogens is 3. The molecule has 0 aliphatic rings. The minimum absolute atomic E-state index is 0.292. The second-order valence-electron chi connectivity index (χ2n) is 6.36. The van der Waals surface area contributed by atoms with E-state index in [9.17, 15) is 9.59 Å². The van der Waals surface area contributed by atoms with Crippen LogP contribution in [0.5, 0.6) is 0 Å². The lowest BCUT2D eigenvalue weighted by atomic mass is 10.0. The molecule has 0 radical (unpaired) electrons. The molecule has 8 heteroatoms. The van der Waals surface area contributed by atoms with E-state index >= 15 is 0 Å². The van der Waals surface area contributed by atoms with Gasteiger partial charge in [0.2, 0.25) is 0 Å². The minimum Gasteiger partial charge on any atom is -0.478 e. The number of ether oxygens (including phenoxy) is 1. The van der Waals surface area contributed by atoms with Crippen molar-refractivity contribution < 1.29 is 19.4 Å². The van der Waals surface area contributed by atoms with Crippen molar-refractivity contribution in [1.29, 1.82) is 0 Å².